The molecular formula is C12H21N3O4. The Morgan fingerprint density at radius 2 is 1.89 bits per heavy atom. The lowest BCUT2D eigenvalue weighted by Crippen LogP contribution is -2.53. The summed E-state index contributed by atoms with van der Waals surface area (Å²) in [7, 11) is 1.64. The highest BCUT2D eigenvalue weighted by atomic mass is 16.4. The van der Waals surface area contributed by atoms with E-state index in [4.69, 9.17) is 5.11 Å². The summed E-state index contributed by atoms with van der Waals surface area (Å²) in [4.78, 5) is 35.9. The van der Waals surface area contributed by atoms with Crippen LogP contribution in [0.25, 0.3) is 0 Å². The number of carbonyl (C=O) groups excluding carboxylic acids is 2. The average Bonchev–Trinajstić information content (AvgIpc) is 3.17. The zero-order valence-electron chi connectivity index (χ0n) is 11.5. The van der Waals surface area contributed by atoms with Crippen molar-refractivity contribution in [2.75, 3.05) is 13.6 Å². The van der Waals surface area contributed by atoms with Crippen LogP contribution >= 0.6 is 0 Å². The van der Waals surface area contributed by atoms with Gasteiger partial charge in [-0.2, -0.15) is 0 Å². The first-order valence-electron chi connectivity index (χ1n) is 6.41. The van der Waals surface area contributed by atoms with Gasteiger partial charge in [-0.3, -0.25) is 4.79 Å². The minimum Gasteiger partial charge on any atom is -0.480 e. The third-order valence-electron chi connectivity index (χ3n) is 3.21. The smallest absolute Gasteiger partial charge is 0.326 e. The third kappa shape index (κ3) is 4.42. The number of hydrogen-bond acceptors (Lipinski definition) is 3. The van der Waals surface area contributed by atoms with E-state index in [1.54, 1.807) is 14.0 Å². The Morgan fingerprint density at radius 3 is 2.32 bits per heavy atom. The Bertz CT molecular complexity index is 368. The molecule has 1 aliphatic rings. The third-order valence-corrected chi connectivity index (χ3v) is 3.21. The van der Waals surface area contributed by atoms with Crippen molar-refractivity contribution in [1.29, 1.82) is 0 Å². The van der Waals surface area contributed by atoms with Gasteiger partial charge < -0.3 is 20.6 Å². The van der Waals surface area contributed by atoms with Gasteiger partial charge in [0.1, 0.15) is 12.1 Å². The molecule has 19 heavy (non-hydrogen) atoms. The Kier molecular flexibility index (Phi) is 5.14. The lowest BCUT2D eigenvalue weighted by atomic mass is 10.2. The minimum atomic E-state index is -1.04. The fourth-order valence-corrected chi connectivity index (χ4v) is 1.74. The number of carboxylic acid groups (broad SMARTS) is 1. The number of rotatable bonds is 6. The summed E-state index contributed by atoms with van der Waals surface area (Å²) in [5, 5.41) is 13.8. The van der Waals surface area contributed by atoms with Crippen LogP contribution in [0.3, 0.4) is 0 Å². The Balaban J connectivity index is 2.45. The van der Waals surface area contributed by atoms with E-state index in [1.807, 2.05) is 6.92 Å². The maximum atomic E-state index is 11.7. The van der Waals surface area contributed by atoms with Gasteiger partial charge >= 0.3 is 12.0 Å². The monoisotopic (exact) mass is 271 g/mol. The van der Waals surface area contributed by atoms with Crippen molar-refractivity contribution in [3.63, 3.8) is 0 Å². The summed E-state index contributed by atoms with van der Waals surface area (Å²) in [5.74, 6) is -1.24. The average molecular weight is 271 g/mol. The van der Waals surface area contributed by atoms with E-state index in [9.17, 15) is 14.4 Å². The van der Waals surface area contributed by atoms with Crippen LogP contribution in [-0.4, -0.2) is 53.6 Å². The van der Waals surface area contributed by atoms with Gasteiger partial charge in [-0.05, 0) is 32.6 Å². The van der Waals surface area contributed by atoms with E-state index < -0.39 is 24.1 Å². The fourth-order valence-electron chi connectivity index (χ4n) is 1.74. The lowest BCUT2D eigenvalue weighted by molar-refractivity contribution is -0.139. The van der Waals surface area contributed by atoms with Crippen LogP contribution in [0.4, 0.5) is 4.79 Å². The van der Waals surface area contributed by atoms with Gasteiger partial charge in [0.05, 0.1) is 0 Å². The second-order valence-corrected chi connectivity index (χ2v) is 4.85. The van der Waals surface area contributed by atoms with E-state index in [2.05, 4.69) is 10.6 Å². The normalized spacial score (nSPS) is 17.2. The fraction of sp³-hybridized carbons (Fsp3) is 0.750. The predicted molar refractivity (Wildman–Crippen MR) is 68.6 cm³/mol. The molecule has 0 heterocycles. The Labute approximate surface area is 112 Å². The highest BCUT2D eigenvalue weighted by Crippen LogP contribution is 2.32. The minimum absolute atomic E-state index is 0.00701. The molecule has 108 valence electrons. The molecular weight excluding hydrogens is 250 g/mol. The van der Waals surface area contributed by atoms with Crippen LogP contribution in [0, 0.1) is 5.92 Å². The molecule has 1 saturated carbocycles. The van der Waals surface area contributed by atoms with Crippen molar-refractivity contribution < 1.29 is 19.5 Å². The van der Waals surface area contributed by atoms with Gasteiger partial charge in [0.15, 0.2) is 0 Å². The van der Waals surface area contributed by atoms with Crippen LogP contribution in [0.2, 0.25) is 0 Å². The SMILES string of the molecule is CCN(C)C(=O)C(C)NC(=O)NC(C(=O)O)C1CC1. The number of carboxylic acids is 1. The molecule has 0 aromatic carbocycles. The highest BCUT2D eigenvalue weighted by molar-refractivity contribution is 5.88. The molecule has 0 saturated heterocycles. The van der Waals surface area contributed by atoms with Crippen LogP contribution in [0.15, 0.2) is 0 Å². The standard InChI is InChI=1S/C12H21N3O4/c1-4-15(3)10(16)7(2)13-12(19)14-9(11(17)18)8-5-6-8/h7-9H,4-6H2,1-3H3,(H,17,18)(H2,13,14,19). The van der Waals surface area contributed by atoms with Crippen LogP contribution < -0.4 is 10.6 Å². The topological polar surface area (TPSA) is 98.7 Å². The summed E-state index contributed by atoms with van der Waals surface area (Å²) >= 11 is 0. The number of amides is 3. The quantitative estimate of drug-likeness (QED) is 0.634. The first kappa shape index (κ1) is 15.3. The maximum Gasteiger partial charge on any atom is 0.326 e. The van der Waals surface area contributed by atoms with E-state index >= 15 is 0 Å². The molecule has 0 radical (unpaired) electrons. The molecule has 1 aliphatic carbocycles. The van der Waals surface area contributed by atoms with Crippen LogP contribution in [0.5, 0.6) is 0 Å². The molecule has 3 N–H and O–H groups in total. The van der Waals surface area contributed by atoms with Gasteiger partial charge in [-0.1, -0.05) is 0 Å². The second kappa shape index (κ2) is 6.40. The van der Waals surface area contributed by atoms with E-state index in [0.29, 0.717) is 6.54 Å². The molecule has 0 aromatic heterocycles. The summed E-state index contributed by atoms with van der Waals surface area (Å²) in [6, 6.07) is -2.17. The molecule has 2 unspecified atom stereocenters. The number of urea groups is 1. The van der Waals surface area contributed by atoms with Crippen molar-refractivity contribution >= 4 is 17.9 Å². The van der Waals surface area contributed by atoms with E-state index in [0.717, 1.165) is 12.8 Å². The molecule has 1 rings (SSSR count). The molecule has 3 amide bonds. The number of aliphatic carboxylic acids is 1. The van der Waals surface area contributed by atoms with Gasteiger partial charge in [0.2, 0.25) is 5.91 Å². The molecule has 7 nitrogen and oxygen atoms in total. The van der Waals surface area contributed by atoms with Crippen molar-refractivity contribution in [2.45, 2.75) is 38.8 Å². The van der Waals surface area contributed by atoms with Crippen molar-refractivity contribution in [2.24, 2.45) is 5.92 Å². The van der Waals surface area contributed by atoms with Gasteiger partial charge in [0.25, 0.3) is 0 Å². The Hall–Kier alpha value is -1.79. The van der Waals surface area contributed by atoms with E-state index in [1.165, 1.54) is 4.90 Å². The lowest BCUT2D eigenvalue weighted by Gasteiger charge is -2.21. The first-order valence-corrected chi connectivity index (χ1v) is 6.41. The van der Waals surface area contributed by atoms with Gasteiger partial charge in [0, 0.05) is 13.6 Å². The molecule has 7 heteroatoms. The van der Waals surface area contributed by atoms with Crippen LogP contribution in [-0.2, 0) is 9.59 Å². The number of nitrogens with one attached hydrogen (secondary N) is 2. The molecule has 0 aromatic rings. The second-order valence-electron chi connectivity index (χ2n) is 4.85. The summed E-state index contributed by atoms with van der Waals surface area (Å²) < 4.78 is 0. The molecule has 1 fully saturated rings. The van der Waals surface area contributed by atoms with Crippen LogP contribution in [0.1, 0.15) is 26.7 Å². The van der Waals surface area contributed by atoms with Crippen molar-refractivity contribution in [3.8, 4) is 0 Å². The summed E-state index contributed by atoms with van der Waals surface area (Å²) in [5.41, 5.74) is 0. The zero-order valence-corrected chi connectivity index (χ0v) is 11.5. The predicted octanol–water partition coefficient (Wildman–Crippen LogP) is 0.0156. The zero-order chi connectivity index (χ0) is 14.6. The molecule has 0 aliphatic heterocycles. The van der Waals surface area contributed by atoms with E-state index in [-0.39, 0.29) is 11.8 Å². The number of nitrogens with zero attached hydrogens (tertiary/aromatic N) is 1. The largest absolute Gasteiger partial charge is 0.480 e. The summed E-state index contributed by atoms with van der Waals surface area (Å²) in [6.45, 7) is 3.95. The van der Waals surface area contributed by atoms with Crippen molar-refractivity contribution in [1.82, 2.24) is 15.5 Å². The van der Waals surface area contributed by atoms with Crippen molar-refractivity contribution in [3.05, 3.63) is 0 Å². The maximum absolute atomic E-state index is 11.7. The molecule has 2 atom stereocenters. The summed E-state index contributed by atoms with van der Waals surface area (Å²) in [6.07, 6.45) is 1.62. The van der Waals surface area contributed by atoms with Gasteiger partial charge in [-0.15, -0.1) is 0 Å². The number of carbonyl (C=O) groups is 3. The first-order chi connectivity index (χ1) is 8.86. The van der Waals surface area contributed by atoms with Gasteiger partial charge in [-0.25, -0.2) is 9.59 Å². The molecule has 0 spiro atoms. The Morgan fingerprint density at radius 1 is 1.32 bits per heavy atom. The highest BCUT2D eigenvalue weighted by Gasteiger charge is 2.37. The molecule has 0 bridgehead atoms. The number of hydrogen-bond donors (Lipinski definition) is 3. The number of likely N-dealkylation sites (N-methyl/N-ethyl adjacent to an activating group) is 1.